The third-order valence-electron chi connectivity index (χ3n) is 7.59. The Bertz CT molecular complexity index is 675. The molecule has 154 valence electrons. The van der Waals surface area contributed by atoms with Crippen LogP contribution >= 0.6 is 0 Å². The van der Waals surface area contributed by atoms with Crippen molar-refractivity contribution < 1.29 is 9.53 Å². The summed E-state index contributed by atoms with van der Waals surface area (Å²) in [7, 11) is 3.79. The van der Waals surface area contributed by atoms with E-state index in [-0.39, 0.29) is 0 Å². The van der Waals surface area contributed by atoms with Gasteiger partial charge in [0.05, 0.1) is 7.11 Å². The minimum atomic E-state index is 0.348. The second kappa shape index (κ2) is 8.44. The molecule has 2 saturated carbocycles. The first-order valence-corrected chi connectivity index (χ1v) is 11.2. The van der Waals surface area contributed by atoms with Gasteiger partial charge in [0.15, 0.2) is 0 Å². The van der Waals surface area contributed by atoms with Crippen molar-refractivity contribution >= 4 is 5.91 Å². The molecule has 4 nitrogen and oxygen atoms in total. The van der Waals surface area contributed by atoms with Crippen LogP contribution in [0.25, 0.3) is 0 Å². The highest BCUT2D eigenvalue weighted by Crippen LogP contribution is 2.63. The first kappa shape index (κ1) is 19.8. The summed E-state index contributed by atoms with van der Waals surface area (Å²) in [5, 5.41) is 0. The maximum absolute atomic E-state index is 12.8. The molecule has 1 heterocycles. The van der Waals surface area contributed by atoms with Crippen molar-refractivity contribution in [1.82, 2.24) is 9.80 Å². The second-order valence-corrected chi connectivity index (χ2v) is 9.39. The third-order valence-corrected chi connectivity index (χ3v) is 7.59. The van der Waals surface area contributed by atoms with E-state index < -0.39 is 0 Å². The molecule has 28 heavy (non-hydrogen) atoms. The number of hydrogen-bond acceptors (Lipinski definition) is 3. The number of amides is 1. The lowest BCUT2D eigenvalue weighted by Gasteiger charge is -2.34. The zero-order valence-electron chi connectivity index (χ0n) is 17.7. The fourth-order valence-electron chi connectivity index (χ4n) is 5.65. The highest BCUT2D eigenvalue weighted by atomic mass is 16.5. The van der Waals surface area contributed by atoms with Crippen molar-refractivity contribution in [1.29, 1.82) is 0 Å². The van der Waals surface area contributed by atoms with Crippen molar-refractivity contribution in [2.24, 2.45) is 17.3 Å². The molecule has 1 saturated heterocycles. The van der Waals surface area contributed by atoms with Crippen LogP contribution in [0.2, 0.25) is 0 Å². The summed E-state index contributed by atoms with van der Waals surface area (Å²) in [5.74, 6) is 2.44. The summed E-state index contributed by atoms with van der Waals surface area (Å²) in [6.45, 7) is 4.34. The number of ether oxygens (including phenoxy) is 1. The Kier molecular flexibility index (Phi) is 5.96. The van der Waals surface area contributed by atoms with Crippen LogP contribution < -0.4 is 4.74 Å². The number of methoxy groups -OCH3 is 1. The fourth-order valence-corrected chi connectivity index (χ4v) is 5.65. The molecule has 0 bridgehead atoms. The summed E-state index contributed by atoms with van der Waals surface area (Å²) in [4.78, 5) is 17.5. The van der Waals surface area contributed by atoms with Gasteiger partial charge in [-0.2, -0.15) is 0 Å². The van der Waals surface area contributed by atoms with Crippen molar-refractivity contribution in [3.8, 4) is 5.75 Å². The Hall–Kier alpha value is -1.55. The SMILES string of the molecule is COc1ccccc1CCN1CCC(CN(C)C(=O)C2CC23CCCC3)CC1. The molecule has 1 atom stereocenters. The van der Waals surface area contributed by atoms with E-state index in [2.05, 4.69) is 21.9 Å². The number of piperidine rings is 1. The van der Waals surface area contributed by atoms with Gasteiger partial charge in [0, 0.05) is 26.1 Å². The van der Waals surface area contributed by atoms with Gasteiger partial charge in [-0.1, -0.05) is 31.0 Å². The highest BCUT2D eigenvalue weighted by molar-refractivity contribution is 5.82. The lowest BCUT2D eigenvalue weighted by Crippen LogP contribution is -2.40. The van der Waals surface area contributed by atoms with Gasteiger partial charge < -0.3 is 14.5 Å². The molecular weight excluding hydrogens is 348 g/mol. The summed E-state index contributed by atoms with van der Waals surface area (Å²) in [6.07, 6.45) is 9.87. The summed E-state index contributed by atoms with van der Waals surface area (Å²) in [5.41, 5.74) is 1.72. The van der Waals surface area contributed by atoms with Gasteiger partial charge in [-0.25, -0.2) is 0 Å². The van der Waals surface area contributed by atoms with Crippen LogP contribution in [-0.4, -0.2) is 56.0 Å². The number of likely N-dealkylation sites (tertiary alicyclic amines) is 1. The van der Waals surface area contributed by atoms with Gasteiger partial charge in [-0.05, 0) is 74.6 Å². The number of nitrogens with zero attached hydrogens (tertiary/aromatic N) is 2. The van der Waals surface area contributed by atoms with Crippen LogP contribution in [0.4, 0.5) is 0 Å². The Morgan fingerprint density at radius 2 is 1.93 bits per heavy atom. The molecule has 1 unspecified atom stereocenters. The molecule has 0 radical (unpaired) electrons. The molecule has 4 rings (SSSR count). The molecule has 3 fully saturated rings. The normalized spacial score (nSPS) is 24.4. The van der Waals surface area contributed by atoms with Gasteiger partial charge in [0.25, 0.3) is 0 Å². The van der Waals surface area contributed by atoms with E-state index in [1.165, 1.54) is 44.1 Å². The number of hydrogen-bond donors (Lipinski definition) is 0. The van der Waals surface area contributed by atoms with Crippen LogP contribution in [0.15, 0.2) is 24.3 Å². The smallest absolute Gasteiger partial charge is 0.226 e. The topological polar surface area (TPSA) is 32.8 Å². The molecule has 1 aromatic rings. The Morgan fingerprint density at radius 3 is 2.64 bits per heavy atom. The highest BCUT2D eigenvalue weighted by Gasteiger charge is 2.59. The van der Waals surface area contributed by atoms with Gasteiger partial charge in [0.2, 0.25) is 5.91 Å². The Morgan fingerprint density at radius 1 is 1.21 bits per heavy atom. The number of carbonyl (C=O) groups excluding carboxylic acids is 1. The quantitative estimate of drug-likeness (QED) is 0.713. The fraction of sp³-hybridized carbons (Fsp3) is 0.708. The van der Waals surface area contributed by atoms with E-state index in [0.717, 1.165) is 44.8 Å². The molecule has 1 aromatic carbocycles. The minimum Gasteiger partial charge on any atom is -0.496 e. The van der Waals surface area contributed by atoms with Gasteiger partial charge >= 0.3 is 0 Å². The number of rotatable bonds is 7. The zero-order chi connectivity index (χ0) is 19.6. The Labute approximate surface area is 170 Å². The summed E-state index contributed by atoms with van der Waals surface area (Å²) < 4.78 is 5.47. The molecule has 3 aliphatic rings. The second-order valence-electron chi connectivity index (χ2n) is 9.39. The maximum Gasteiger partial charge on any atom is 0.226 e. The predicted molar refractivity (Wildman–Crippen MR) is 113 cm³/mol. The molecular formula is C24H36N2O2. The third kappa shape index (κ3) is 4.22. The van der Waals surface area contributed by atoms with Crippen LogP contribution in [-0.2, 0) is 11.2 Å². The van der Waals surface area contributed by atoms with Gasteiger partial charge in [-0.3, -0.25) is 4.79 Å². The van der Waals surface area contributed by atoms with Crippen LogP contribution in [0, 0.1) is 17.3 Å². The number of benzene rings is 1. The van der Waals surface area contributed by atoms with Gasteiger partial charge in [0.1, 0.15) is 5.75 Å². The van der Waals surface area contributed by atoms with E-state index in [1.807, 2.05) is 19.2 Å². The van der Waals surface area contributed by atoms with Crippen LogP contribution in [0.1, 0.15) is 50.5 Å². The average molecular weight is 385 g/mol. The van der Waals surface area contributed by atoms with E-state index in [0.29, 0.717) is 23.2 Å². The number of para-hydroxylation sites is 1. The molecule has 0 N–H and O–H groups in total. The summed E-state index contributed by atoms with van der Waals surface area (Å²) in [6, 6.07) is 8.33. The largest absolute Gasteiger partial charge is 0.496 e. The minimum absolute atomic E-state index is 0.348. The standard InChI is InChI=1S/C24H36N2O2/c1-25(23(27)21-17-24(21)12-5-6-13-24)18-19-9-14-26(15-10-19)16-11-20-7-3-4-8-22(20)28-2/h3-4,7-8,19,21H,5-6,9-18H2,1-2H3. The molecule has 1 amide bonds. The predicted octanol–water partition coefficient (Wildman–Crippen LogP) is 3.99. The lowest BCUT2D eigenvalue weighted by molar-refractivity contribution is -0.132. The van der Waals surface area contributed by atoms with E-state index >= 15 is 0 Å². The first-order chi connectivity index (χ1) is 13.6. The molecule has 1 aliphatic heterocycles. The van der Waals surface area contributed by atoms with Crippen molar-refractivity contribution in [2.45, 2.75) is 51.4 Å². The first-order valence-electron chi connectivity index (χ1n) is 11.2. The monoisotopic (exact) mass is 384 g/mol. The summed E-state index contributed by atoms with van der Waals surface area (Å²) >= 11 is 0. The molecule has 2 aliphatic carbocycles. The maximum atomic E-state index is 12.8. The van der Waals surface area contributed by atoms with E-state index in [1.54, 1.807) is 7.11 Å². The van der Waals surface area contributed by atoms with E-state index in [9.17, 15) is 4.79 Å². The molecule has 4 heteroatoms. The molecule has 1 spiro atoms. The van der Waals surface area contributed by atoms with Crippen molar-refractivity contribution in [3.05, 3.63) is 29.8 Å². The van der Waals surface area contributed by atoms with Crippen LogP contribution in [0.3, 0.4) is 0 Å². The van der Waals surface area contributed by atoms with Gasteiger partial charge in [-0.15, -0.1) is 0 Å². The van der Waals surface area contributed by atoms with Crippen molar-refractivity contribution in [3.63, 3.8) is 0 Å². The average Bonchev–Trinajstić information content (AvgIpc) is 3.22. The van der Waals surface area contributed by atoms with Crippen LogP contribution in [0.5, 0.6) is 5.75 Å². The number of carbonyl (C=O) groups is 1. The molecule has 0 aromatic heterocycles. The lowest BCUT2D eigenvalue weighted by atomic mass is 9.95. The van der Waals surface area contributed by atoms with E-state index in [4.69, 9.17) is 4.74 Å². The Balaban J connectivity index is 1.18. The zero-order valence-corrected chi connectivity index (χ0v) is 17.7. The van der Waals surface area contributed by atoms with Crippen molar-refractivity contribution in [2.75, 3.05) is 40.3 Å².